The van der Waals surface area contributed by atoms with Gasteiger partial charge in [-0.1, -0.05) is 6.07 Å². The average Bonchev–Trinajstić information content (AvgIpc) is 3.57. The van der Waals surface area contributed by atoms with Gasteiger partial charge < -0.3 is 4.57 Å². The number of pyridine rings is 1. The van der Waals surface area contributed by atoms with Gasteiger partial charge in [-0.15, -0.1) is 0 Å². The molecule has 0 atom stereocenters. The number of hydrogen-bond donors (Lipinski definition) is 0. The number of fused-ring (bicyclic) bond motifs is 2. The summed E-state index contributed by atoms with van der Waals surface area (Å²) in [5.41, 5.74) is 5.01. The summed E-state index contributed by atoms with van der Waals surface area (Å²) < 4.78 is 18.9. The van der Waals surface area contributed by atoms with Crippen LogP contribution < -0.4 is 0 Å². The summed E-state index contributed by atoms with van der Waals surface area (Å²) in [6, 6.07) is 15.8. The van der Waals surface area contributed by atoms with Gasteiger partial charge in [-0.05, 0) is 48.5 Å². The van der Waals surface area contributed by atoms with Crippen molar-refractivity contribution in [3.05, 3.63) is 97.2 Å². The summed E-state index contributed by atoms with van der Waals surface area (Å²) in [4.78, 5) is 25.7. The van der Waals surface area contributed by atoms with Crippen LogP contribution in [0.3, 0.4) is 0 Å². The molecule has 0 aliphatic heterocycles. The molecule has 0 N–H and O–H groups in total. The zero-order chi connectivity index (χ0) is 23.1. The first-order valence-corrected chi connectivity index (χ1v) is 10.7. The van der Waals surface area contributed by atoms with Crippen LogP contribution in [0, 0.1) is 5.82 Å². The third kappa shape index (κ3) is 3.62. The molecule has 0 aliphatic rings. The van der Waals surface area contributed by atoms with Crippen LogP contribution in [0.5, 0.6) is 0 Å². The molecular weight excluding hydrogens is 433 g/mol. The standard InChI is InChI=1S/C25H18FN7O/c26-18-6-4-17(5-7-18)24-25(32-11-2-1-3-22(32)29-24)21-8-9-23-28-19(14-33(23)30-21)13-20(34)15-31-12-10-27-16-31/h1-12,14,16H,13,15H2. The van der Waals surface area contributed by atoms with Crippen LogP contribution in [-0.4, -0.2) is 39.3 Å². The first-order chi connectivity index (χ1) is 16.6. The van der Waals surface area contributed by atoms with Crippen molar-refractivity contribution in [1.82, 2.24) is 33.5 Å². The zero-order valence-electron chi connectivity index (χ0n) is 17.9. The average molecular weight is 451 g/mol. The van der Waals surface area contributed by atoms with Crippen molar-refractivity contribution in [1.29, 1.82) is 0 Å². The lowest BCUT2D eigenvalue weighted by atomic mass is 10.1. The van der Waals surface area contributed by atoms with Crippen LogP contribution in [0.4, 0.5) is 4.39 Å². The van der Waals surface area contributed by atoms with Gasteiger partial charge in [0.25, 0.3) is 0 Å². The molecule has 1 aromatic carbocycles. The van der Waals surface area contributed by atoms with E-state index in [1.807, 2.05) is 40.9 Å². The van der Waals surface area contributed by atoms with E-state index in [-0.39, 0.29) is 24.6 Å². The van der Waals surface area contributed by atoms with Crippen molar-refractivity contribution >= 4 is 17.1 Å². The second-order valence-corrected chi connectivity index (χ2v) is 7.95. The topological polar surface area (TPSA) is 82.4 Å². The van der Waals surface area contributed by atoms with E-state index in [1.165, 1.54) is 12.1 Å². The second kappa shape index (κ2) is 8.04. The number of rotatable bonds is 6. The summed E-state index contributed by atoms with van der Waals surface area (Å²) in [6.07, 6.45) is 8.90. The first-order valence-electron chi connectivity index (χ1n) is 10.7. The number of hydrogen-bond acceptors (Lipinski definition) is 5. The monoisotopic (exact) mass is 451 g/mol. The maximum Gasteiger partial charge on any atom is 0.158 e. The van der Waals surface area contributed by atoms with E-state index < -0.39 is 0 Å². The third-order valence-corrected chi connectivity index (χ3v) is 5.56. The molecular formula is C25H18FN7O. The van der Waals surface area contributed by atoms with Gasteiger partial charge in [-0.2, -0.15) is 5.10 Å². The molecule has 8 nitrogen and oxygen atoms in total. The normalized spacial score (nSPS) is 11.4. The van der Waals surface area contributed by atoms with Gasteiger partial charge in [-0.25, -0.2) is 23.9 Å². The molecule has 166 valence electrons. The van der Waals surface area contributed by atoms with E-state index in [0.29, 0.717) is 22.7 Å². The fourth-order valence-electron chi connectivity index (χ4n) is 4.03. The maximum atomic E-state index is 13.5. The molecule has 0 unspecified atom stereocenters. The van der Waals surface area contributed by atoms with Crippen molar-refractivity contribution < 1.29 is 9.18 Å². The largest absolute Gasteiger partial charge is 0.330 e. The molecule has 6 aromatic rings. The van der Waals surface area contributed by atoms with Crippen LogP contribution in [0.25, 0.3) is 33.9 Å². The Morgan fingerprint density at radius 2 is 1.82 bits per heavy atom. The highest BCUT2D eigenvalue weighted by Gasteiger charge is 2.18. The van der Waals surface area contributed by atoms with E-state index in [1.54, 1.807) is 46.1 Å². The number of ketones is 1. The molecule has 9 heteroatoms. The Kier molecular flexibility index (Phi) is 4.72. The number of nitrogens with zero attached hydrogens (tertiary/aromatic N) is 7. The summed E-state index contributed by atoms with van der Waals surface area (Å²) in [7, 11) is 0. The Morgan fingerprint density at radius 3 is 2.65 bits per heavy atom. The van der Waals surface area contributed by atoms with Gasteiger partial charge in [0, 0.05) is 24.2 Å². The quantitative estimate of drug-likeness (QED) is 0.384. The molecule has 6 rings (SSSR count). The number of imidazole rings is 3. The fraction of sp³-hybridized carbons (Fsp3) is 0.0800. The second-order valence-electron chi connectivity index (χ2n) is 7.95. The number of Topliss-reactive ketones (excluding diaryl/α,β-unsaturated/α-hetero) is 1. The number of carbonyl (C=O) groups excluding carboxylic acids is 1. The molecule has 0 spiro atoms. The number of aromatic nitrogens is 7. The lowest BCUT2D eigenvalue weighted by Gasteiger charge is -2.05. The highest BCUT2D eigenvalue weighted by atomic mass is 19.1. The smallest absolute Gasteiger partial charge is 0.158 e. The molecule has 5 heterocycles. The van der Waals surface area contributed by atoms with Crippen LogP contribution in [-0.2, 0) is 17.8 Å². The van der Waals surface area contributed by atoms with E-state index in [2.05, 4.69) is 9.97 Å². The van der Waals surface area contributed by atoms with Gasteiger partial charge in [-0.3, -0.25) is 9.20 Å². The summed E-state index contributed by atoms with van der Waals surface area (Å²) in [5, 5.41) is 4.77. The van der Waals surface area contributed by atoms with Gasteiger partial charge in [0.15, 0.2) is 11.4 Å². The van der Waals surface area contributed by atoms with Crippen LogP contribution >= 0.6 is 0 Å². The molecule has 0 amide bonds. The molecule has 0 radical (unpaired) electrons. The van der Waals surface area contributed by atoms with Gasteiger partial charge in [0.2, 0.25) is 0 Å². The minimum Gasteiger partial charge on any atom is -0.330 e. The zero-order valence-corrected chi connectivity index (χ0v) is 17.9. The highest BCUT2D eigenvalue weighted by molar-refractivity contribution is 5.81. The minimum absolute atomic E-state index is 0.0296. The molecule has 0 aliphatic carbocycles. The van der Waals surface area contributed by atoms with Crippen LogP contribution in [0.1, 0.15) is 5.69 Å². The number of halogens is 1. The first kappa shape index (κ1) is 20.0. The molecule has 0 saturated heterocycles. The maximum absolute atomic E-state index is 13.5. The van der Waals surface area contributed by atoms with E-state index in [0.717, 1.165) is 16.9 Å². The van der Waals surface area contributed by atoms with E-state index >= 15 is 0 Å². The summed E-state index contributed by atoms with van der Waals surface area (Å²) in [6.45, 7) is 0.245. The molecule has 0 fully saturated rings. The number of carbonyl (C=O) groups is 1. The Bertz CT molecular complexity index is 1630. The highest BCUT2D eigenvalue weighted by Crippen LogP contribution is 2.32. The molecule has 5 aromatic heterocycles. The Hall–Kier alpha value is -4.66. The van der Waals surface area contributed by atoms with Crippen molar-refractivity contribution in [3.8, 4) is 22.6 Å². The Balaban J connectivity index is 1.39. The van der Waals surface area contributed by atoms with E-state index in [9.17, 15) is 9.18 Å². The Morgan fingerprint density at radius 1 is 0.941 bits per heavy atom. The fourth-order valence-corrected chi connectivity index (χ4v) is 4.03. The SMILES string of the molecule is O=C(Cc1cn2nc(-c3c(-c4ccc(F)cc4)nc4ccccn34)ccc2n1)Cn1ccnc1. The molecule has 0 saturated carbocycles. The molecule has 34 heavy (non-hydrogen) atoms. The lowest BCUT2D eigenvalue weighted by molar-refractivity contribution is -0.119. The minimum atomic E-state index is -0.304. The molecule has 0 bridgehead atoms. The van der Waals surface area contributed by atoms with Gasteiger partial charge >= 0.3 is 0 Å². The lowest BCUT2D eigenvalue weighted by Crippen LogP contribution is -2.11. The van der Waals surface area contributed by atoms with E-state index in [4.69, 9.17) is 10.1 Å². The third-order valence-electron chi connectivity index (χ3n) is 5.56. The Labute approximate surface area is 193 Å². The van der Waals surface area contributed by atoms with Crippen LogP contribution in [0.15, 0.2) is 85.7 Å². The van der Waals surface area contributed by atoms with Crippen molar-refractivity contribution in [2.75, 3.05) is 0 Å². The summed E-state index contributed by atoms with van der Waals surface area (Å²) >= 11 is 0. The van der Waals surface area contributed by atoms with Crippen LogP contribution in [0.2, 0.25) is 0 Å². The predicted molar refractivity (Wildman–Crippen MR) is 124 cm³/mol. The van der Waals surface area contributed by atoms with Crippen molar-refractivity contribution in [3.63, 3.8) is 0 Å². The predicted octanol–water partition coefficient (Wildman–Crippen LogP) is 3.86. The number of benzene rings is 1. The van der Waals surface area contributed by atoms with Gasteiger partial charge in [0.05, 0.1) is 36.9 Å². The van der Waals surface area contributed by atoms with Crippen molar-refractivity contribution in [2.45, 2.75) is 13.0 Å². The van der Waals surface area contributed by atoms with Crippen molar-refractivity contribution in [2.24, 2.45) is 0 Å². The summed E-state index contributed by atoms with van der Waals surface area (Å²) in [5.74, 6) is -0.274. The van der Waals surface area contributed by atoms with Gasteiger partial charge in [0.1, 0.15) is 22.9 Å².